The molecule has 0 spiro atoms. The molecule has 0 heterocycles. The topological polar surface area (TPSA) is 63.6 Å². The van der Waals surface area contributed by atoms with Crippen LogP contribution in [0.3, 0.4) is 0 Å². The van der Waals surface area contributed by atoms with Gasteiger partial charge in [0.1, 0.15) is 6.10 Å². The third kappa shape index (κ3) is 8.73. The number of carboxylic acids is 1. The summed E-state index contributed by atoms with van der Waals surface area (Å²) in [5, 5.41) is 9.05. The highest BCUT2D eigenvalue weighted by atomic mass is 16.5. The predicted molar refractivity (Wildman–Crippen MR) is 100 cm³/mol. The van der Waals surface area contributed by atoms with Crippen LogP contribution in [0.4, 0.5) is 0 Å². The van der Waals surface area contributed by atoms with Gasteiger partial charge in [0.2, 0.25) is 0 Å². The standard InChI is InChI=1S/C21H38O4/c1-4-5-6-7-8-9-10-11-19(16(2)3)25-21(24)18-14-12-17(13-15-18)20(22)23/h16-19H,4-15H2,1-3H3,(H,22,23). The van der Waals surface area contributed by atoms with Crippen molar-refractivity contribution in [2.75, 3.05) is 0 Å². The first-order valence-electron chi connectivity index (χ1n) is 10.4. The van der Waals surface area contributed by atoms with Gasteiger partial charge in [0, 0.05) is 0 Å². The zero-order valence-corrected chi connectivity index (χ0v) is 16.5. The number of hydrogen-bond donors (Lipinski definition) is 1. The van der Waals surface area contributed by atoms with E-state index < -0.39 is 5.97 Å². The van der Waals surface area contributed by atoms with E-state index in [0.29, 0.717) is 31.6 Å². The van der Waals surface area contributed by atoms with E-state index in [-0.39, 0.29) is 23.9 Å². The highest BCUT2D eigenvalue weighted by molar-refractivity contribution is 5.74. The second kappa shape index (κ2) is 12.3. The van der Waals surface area contributed by atoms with Gasteiger partial charge in [0.05, 0.1) is 11.8 Å². The fraction of sp³-hybridized carbons (Fsp3) is 0.905. The number of esters is 1. The number of ether oxygens (including phenoxy) is 1. The summed E-state index contributed by atoms with van der Waals surface area (Å²) >= 11 is 0. The smallest absolute Gasteiger partial charge is 0.309 e. The van der Waals surface area contributed by atoms with Crippen molar-refractivity contribution in [1.82, 2.24) is 0 Å². The Morgan fingerprint density at radius 2 is 1.44 bits per heavy atom. The molecule has 25 heavy (non-hydrogen) atoms. The zero-order chi connectivity index (χ0) is 18.7. The summed E-state index contributed by atoms with van der Waals surface area (Å²) in [4.78, 5) is 23.4. The molecule has 146 valence electrons. The van der Waals surface area contributed by atoms with Gasteiger partial charge in [-0.3, -0.25) is 9.59 Å². The molecular weight excluding hydrogens is 316 g/mol. The zero-order valence-electron chi connectivity index (χ0n) is 16.5. The van der Waals surface area contributed by atoms with Crippen LogP contribution < -0.4 is 0 Å². The molecular formula is C21H38O4. The van der Waals surface area contributed by atoms with Crippen LogP contribution in [-0.2, 0) is 14.3 Å². The second-order valence-corrected chi connectivity index (χ2v) is 8.02. The fourth-order valence-corrected chi connectivity index (χ4v) is 3.65. The number of hydrogen-bond acceptors (Lipinski definition) is 3. The van der Waals surface area contributed by atoms with Gasteiger partial charge < -0.3 is 9.84 Å². The number of aliphatic carboxylic acids is 1. The minimum Gasteiger partial charge on any atom is -0.481 e. The summed E-state index contributed by atoms with van der Waals surface area (Å²) in [6.07, 6.45) is 12.3. The molecule has 1 N–H and O–H groups in total. The minimum absolute atomic E-state index is 0.000314. The monoisotopic (exact) mass is 354 g/mol. The Morgan fingerprint density at radius 1 is 0.920 bits per heavy atom. The van der Waals surface area contributed by atoms with Crippen molar-refractivity contribution in [2.45, 2.75) is 104 Å². The molecule has 0 aromatic heterocycles. The van der Waals surface area contributed by atoms with Gasteiger partial charge in [-0.1, -0.05) is 59.3 Å². The normalized spacial score (nSPS) is 21.9. The van der Waals surface area contributed by atoms with E-state index in [2.05, 4.69) is 20.8 Å². The van der Waals surface area contributed by atoms with E-state index in [9.17, 15) is 9.59 Å². The largest absolute Gasteiger partial charge is 0.481 e. The average Bonchev–Trinajstić information content (AvgIpc) is 2.59. The lowest BCUT2D eigenvalue weighted by molar-refractivity contribution is -0.159. The lowest BCUT2D eigenvalue weighted by Gasteiger charge is -2.28. The average molecular weight is 355 g/mol. The third-order valence-corrected chi connectivity index (χ3v) is 5.51. The van der Waals surface area contributed by atoms with Crippen molar-refractivity contribution in [3.8, 4) is 0 Å². The summed E-state index contributed by atoms with van der Waals surface area (Å²) in [7, 11) is 0. The summed E-state index contributed by atoms with van der Waals surface area (Å²) in [6, 6.07) is 0. The maximum atomic E-state index is 12.4. The molecule has 0 radical (unpaired) electrons. The SMILES string of the molecule is CCCCCCCCCC(OC(=O)C1CCC(C(=O)O)CC1)C(C)C. The van der Waals surface area contributed by atoms with Crippen molar-refractivity contribution in [3.05, 3.63) is 0 Å². The number of rotatable bonds is 12. The molecule has 4 heteroatoms. The van der Waals surface area contributed by atoms with E-state index in [1.54, 1.807) is 0 Å². The van der Waals surface area contributed by atoms with Crippen molar-refractivity contribution in [2.24, 2.45) is 17.8 Å². The number of unbranched alkanes of at least 4 members (excludes halogenated alkanes) is 6. The third-order valence-electron chi connectivity index (χ3n) is 5.51. The van der Waals surface area contributed by atoms with Crippen LogP contribution in [0.25, 0.3) is 0 Å². The van der Waals surface area contributed by atoms with Gasteiger partial charge in [-0.15, -0.1) is 0 Å². The van der Waals surface area contributed by atoms with Crippen LogP contribution in [0.1, 0.15) is 97.8 Å². The van der Waals surface area contributed by atoms with Crippen molar-refractivity contribution < 1.29 is 19.4 Å². The highest BCUT2D eigenvalue weighted by Crippen LogP contribution is 2.30. The van der Waals surface area contributed by atoms with E-state index >= 15 is 0 Å². The molecule has 0 aliphatic heterocycles. The quantitative estimate of drug-likeness (QED) is 0.367. The molecule has 1 atom stereocenters. The van der Waals surface area contributed by atoms with Crippen LogP contribution >= 0.6 is 0 Å². The first-order valence-corrected chi connectivity index (χ1v) is 10.4. The minimum atomic E-state index is -0.731. The molecule has 0 aromatic rings. The number of carbonyl (C=O) groups is 2. The van der Waals surface area contributed by atoms with Gasteiger partial charge >= 0.3 is 11.9 Å². The van der Waals surface area contributed by atoms with Crippen molar-refractivity contribution in [3.63, 3.8) is 0 Å². The van der Waals surface area contributed by atoms with Crippen LogP contribution in [0.15, 0.2) is 0 Å². The predicted octanol–water partition coefficient (Wildman–Crippen LogP) is 5.59. The van der Waals surface area contributed by atoms with E-state index in [0.717, 1.165) is 12.8 Å². The Hall–Kier alpha value is -1.06. The second-order valence-electron chi connectivity index (χ2n) is 8.02. The van der Waals surface area contributed by atoms with Gasteiger partial charge in [0.25, 0.3) is 0 Å². The molecule has 1 rings (SSSR count). The number of carbonyl (C=O) groups excluding carboxylic acids is 1. The van der Waals surface area contributed by atoms with Crippen molar-refractivity contribution >= 4 is 11.9 Å². The highest BCUT2D eigenvalue weighted by Gasteiger charge is 2.32. The summed E-state index contributed by atoms with van der Waals surface area (Å²) < 4.78 is 5.81. The summed E-state index contributed by atoms with van der Waals surface area (Å²) in [5.41, 5.74) is 0. The summed E-state index contributed by atoms with van der Waals surface area (Å²) in [5.74, 6) is -0.890. The molecule has 1 fully saturated rings. The lowest BCUT2D eigenvalue weighted by Crippen LogP contribution is -2.31. The van der Waals surface area contributed by atoms with Gasteiger partial charge in [-0.05, 0) is 44.4 Å². The molecule has 4 nitrogen and oxygen atoms in total. The Balaban J connectivity index is 2.27. The molecule has 1 unspecified atom stereocenters. The Morgan fingerprint density at radius 3 is 1.96 bits per heavy atom. The molecule has 0 bridgehead atoms. The van der Waals surface area contributed by atoms with Crippen molar-refractivity contribution in [1.29, 1.82) is 0 Å². The van der Waals surface area contributed by atoms with E-state index in [1.807, 2.05) is 0 Å². The van der Waals surface area contributed by atoms with Gasteiger partial charge in [-0.25, -0.2) is 0 Å². The molecule has 0 aromatic carbocycles. The number of carboxylic acid groups (broad SMARTS) is 1. The maximum Gasteiger partial charge on any atom is 0.309 e. The fourth-order valence-electron chi connectivity index (χ4n) is 3.65. The van der Waals surface area contributed by atoms with Gasteiger partial charge in [0.15, 0.2) is 0 Å². The van der Waals surface area contributed by atoms with Crippen LogP contribution in [-0.4, -0.2) is 23.1 Å². The van der Waals surface area contributed by atoms with Crippen LogP contribution in [0.5, 0.6) is 0 Å². The molecule has 0 saturated heterocycles. The van der Waals surface area contributed by atoms with Crippen LogP contribution in [0.2, 0.25) is 0 Å². The molecule has 1 aliphatic carbocycles. The molecule has 1 saturated carbocycles. The van der Waals surface area contributed by atoms with E-state index in [4.69, 9.17) is 9.84 Å². The van der Waals surface area contributed by atoms with Crippen LogP contribution in [0, 0.1) is 17.8 Å². The molecule has 0 amide bonds. The Kier molecular flexibility index (Phi) is 10.8. The lowest BCUT2D eigenvalue weighted by atomic mass is 9.82. The maximum absolute atomic E-state index is 12.4. The summed E-state index contributed by atoms with van der Waals surface area (Å²) in [6.45, 7) is 6.46. The molecule has 1 aliphatic rings. The first kappa shape index (κ1) is 22.0. The Bertz CT molecular complexity index is 383. The van der Waals surface area contributed by atoms with E-state index in [1.165, 1.54) is 38.5 Å². The first-order chi connectivity index (χ1) is 12.0. The van der Waals surface area contributed by atoms with Gasteiger partial charge in [-0.2, -0.15) is 0 Å². The Labute approximate surface area is 153 Å².